The van der Waals surface area contributed by atoms with Crippen molar-refractivity contribution in [2.75, 3.05) is 26.2 Å². The molecule has 0 unspecified atom stereocenters. The summed E-state index contributed by atoms with van der Waals surface area (Å²) in [6.07, 6.45) is -0.386. The number of nitrogens with one attached hydrogen (secondary N) is 1. The third-order valence-electron chi connectivity index (χ3n) is 8.00. The number of amides is 2. The minimum Gasteiger partial charge on any atom is -0.444 e. The number of halogens is 3. The van der Waals surface area contributed by atoms with Gasteiger partial charge in [-0.05, 0) is 57.4 Å². The van der Waals surface area contributed by atoms with Crippen molar-refractivity contribution < 1.29 is 27.5 Å². The number of thiophene rings is 1. The number of nitrogens with zero attached hydrogens (tertiary/aromatic N) is 5. The van der Waals surface area contributed by atoms with Crippen LogP contribution in [0.15, 0.2) is 48.7 Å². The van der Waals surface area contributed by atoms with Gasteiger partial charge in [0.25, 0.3) is 0 Å². The summed E-state index contributed by atoms with van der Waals surface area (Å²) in [5.41, 5.74) is -0.0109. The van der Waals surface area contributed by atoms with Crippen molar-refractivity contribution in [3.05, 3.63) is 75.3 Å². The minimum absolute atomic E-state index is 0.0219. The third-order valence-corrected chi connectivity index (χ3v) is 9.04. The van der Waals surface area contributed by atoms with Crippen LogP contribution in [0.3, 0.4) is 0 Å². The lowest BCUT2D eigenvalue weighted by molar-refractivity contribution is -0.141. The van der Waals surface area contributed by atoms with Gasteiger partial charge in [0.1, 0.15) is 16.5 Å². The number of ether oxygens (including phenoxy) is 1. The Balaban J connectivity index is 1.34. The van der Waals surface area contributed by atoms with Gasteiger partial charge >= 0.3 is 12.3 Å². The number of hydrogen-bond donors (Lipinski definition) is 1. The molecule has 1 aromatic carbocycles. The fourth-order valence-electron chi connectivity index (χ4n) is 5.88. The van der Waals surface area contributed by atoms with Gasteiger partial charge in [-0.15, -0.1) is 11.3 Å². The van der Waals surface area contributed by atoms with Crippen LogP contribution in [-0.4, -0.2) is 68.9 Å². The largest absolute Gasteiger partial charge is 0.444 e. The maximum absolute atomic E-state index is 14.1. The first-order chi connectivity index (χ1) is 21.6. The Labute approximate surface area is 270 Å². The van der Waals surface area contributed by atoms with Gasteiger partial charge in [0.15, 0.2) is 5.69 Å². The van der Waals surface area contributed by atoms with E-state index in [1.54, 1.807) is 53.1 Å². The zero-order chi connectivity index (χ0) is 33.4. The van der Waals surface area contributed by atoms with E-state index in [2.05, 4.69) is 16.5 Å². The molecule has 2 aliphatic rings. The molecular formula is C33H37F3N6O3S. The third kappa shape index (κ3) is 7.13. The highest BCUT2D eigenvalue weighted by atomic mass is 32.1. The van der Waals surface area contributed by atoms with Crippen LogP contribution in [0.5, 0.6) is 0 Å². The van der Waals surface area contributed by atoms with E-state index in [-0.39, 0.29) is 36.2 Å². The van der Waals surface area contributed by atoms with Crippen molar-refractivity contribution in [3.63, 3.8) is 0 Å². The molecule has 244 valence electrons. The molecule has 5 rings (SSSR count). The SMILES string of the molecule is CCn1cc(-c2ccccc2[C@@H]2CN(C(=O)/C=C/CNC3(C)CN(C(=O)OC(C)(C)C)C3)Cc3sc(C#N)cc32)c(C(F)(F)F)n1. The van der Waals surface area contributed by atoms with Crippen LogP contribution in [0.25, 0.3) is 11.1 Å². The Kier molecular flexibility index (Phi) is 9.07. The summed E-state index contributed by atoms with van der Waals surface area (Å²) in [6.45, 7) is 11.3. The minimum atomic E-state index is -4.65. The normalized spacial score (nSPS) is 17.8. The number of fused-ring (bicyclic) bond motifs is 1. The number of hydrogen-bond acceptors (Lipinski definition) is 7. The van der Waals surface area contributed by atoms with E-state index in [0.29, 0.717) is 42.2 Å². The van der Waals surface area contributed by atoms with Crippen molar-refractivity contribution in [3.8, 4) is 17.2 Å². The molecule has 1 N–H and O–H groups in total. The van der Waals surface area contributed by atoms with Crippen molar-refractivity contribution in [1.29, 1.82) is 5.26 Å². The number of aromatic nitrogens is 2. The highest BCUT2D eigenvalue weighted by Crippen LogP contribution is 2.44. The standard InChI is InChI=1S/C33H37F3N6O3S/c1-6-42-17-26(29(39-42)33(34,35)36)23-11-8-7-10-22(23)25-16-40(18-27-24(25)14-21(15-37)46-27)28(43)12-9-13-38-32(5)19-41(20-32)30(44)45-31(2,3)4/h7-12,14,17,25,38H,6,13,16,18-20H2,1-5H3/b12-9+/t25-/m0/s1. The van der Waals surface area contributed by atoms with Gasteiger partial charge in [-0.3, -0.25) is 9.48 Å². The van der Waals surface area contributed by atoms with E-state index in [4.69, 9.17) is 4.74 Å². The van der Waals surface area contributed by atoms with Gasteiger partial charge in [-0.25, -0.2) is 4.79 Å². The first-order valence-corrected chi connectivity index (χ1v) is 15.9. The van der Waals surface area contributed by atoms with E-state index < -0.39 is 23.4 Å². The zero-order valence-electron chi connectivity index (χ0n) is 26.4. The first kappa shape index (κ1) is 33.2. The van der Waals surface area contributed by atoms with Crippen LogP contribution < -0.4 is 5.32 Å². The Morgan fingerprint density at radius 1 is 1.17 bits per heavy atom. The van der Waals surface area contributed by atoms with Crippen LogP contribution in [0.2, 0.25) is 0 Å². The summed E-state index contributed by atoms with van der Waals surface area (Å²) in [5.74, 6) is -0.696. The van der Waals surface area contributed by atoms with Crippen molar-refractivity contribution in [1.82, 2.24) is 24.9 Å². The fourth-order valence-corrected chi connectivity index (χ4v) is 6.91. The number of nitriles is 1. The lowest BCUT2D eigenvalue weighted by Gasteiger charge is -2.48. The highest BCUT2D eigenvalue weighted by molar-refractivity contribution is 7.12. The number of alkyl halides is 3. The van der Waals surface area contributed by atoms with Crippen molar-refractivity contribution >= 4 is 23.3 Å². The van der Waals surface area contributed by atoms with Gasteiger partial charge in [-0.2, -0.15) is 23.5 Å². The van der Waals surface area contributed by atoms with Gasteiger partial charge in [0.2, 0.25) is 5.91 Å². The molecule has 2 aromatic heterocycles. The number of carbonyl (C=O) groups excluding carboxylic acids is 2. The summed E-state index contributed by atoms with van der Waals surface area (Å²) in [7, 11) is 0. The molecule has 9 nitrogen and oxygen atoms in total. The van der Waals surface area contributed by atoms with E-state index >= 15 is 0 Å². The van der Waals surface area contributed by atoms with E-state index in [0.717, 1.165) is 10.4 Å². The molecular weight excluding hydrogens is 617 g/mol. The average Bonchev–Trinajstić information content (AvgIpc) is 3.61. The second-order valence-electron chi connectivity index (χ2n) is 12.9. The molecule has 3 aromatic rings. The van der Waals surface area contributed by atoms with Gasteiger partial charge < -0.3 is 19.9 Å². The molecule has 2 aliphatic heterocycles. The predicted molar refractivity (Wildman–Crippen MR) is 168 cm³/mol. The van der Waals surface area contributed by atoms with Crippen LogP contribution in [0.1, 0.15) is 67.1 Å². The topological polar surface area (TPSA) is 103 Å². The Bertz CT molecular complexity index is 1690. The molecule has 2 amide bonds. The molecule has 0 bridgehead atoms. The summed E-state index contributed by atoms with van der Waals surface area (Å²) in [5, 5.41) is 16.8. The number of likely N-dealkylation sites (tertiary alicyclic amines) is 1. The summed E-state index contributed by atoms with van der Waals surface area (Å²) >= 11 is 1.29. The second-order valence-corrected chi connectivity index (χ2v) is 14.0. The monoisotopic (exact) mass is 654 g/mol. The van der Waals surface area contributed by atoms with Crippen LogP contribution >= 0.6 is 11.3 Å². The molecule has 0 radical (unpaired) electrons. The average molecular weight is 655 g/mol. The second kappa shape index (κ2) is 12.6. The Morgan fingerprint density at radius 2 is 1.89 bits per heavy atom. The molecule has 1 saturated heterocycles. The predicted octanol–water partition coefficient (Wildman–Crippen LogP) is 6.15. The maximum Gasteiger partial charge on any atom is 0.435 e. The van der Waals surface area contributed by atoms with Crippen LogP contribution in [-0.2, 0) is 28.8 Å². The smallest absolute Gasteiger partial charge is 0.435 e. The molecule has 0 saturated carbocycles. The molecule has 0 spiro atoms. The van der Waals surface area contributed by atoms with Gasteiger partial charge in [0.05, 0.1) is 12.1 Å². The molecule has 0 aliphatic carbocycles. The van der Waals surface area contributed by atoms with E-state index in [1.165, 1.54) is 28.3 Å². The Hall–Kier alpha value is -4.15. The number of rotatable bonds is 7. The summed E-state index contributed by atoms with van der Waals surface area (Å²) in [4.78, 5) is 30.3. The Morgan fingerprint density at radius 3 is 2.54 bits per heavy atom. The lowest BCUT2D eigenvalue weighted by Crippen LogP contribution is -2.69. The van der Waals surface area contributed by atoms with Crippen molar-refractivity contribution in [2.24, 2.45) is 0 Å². The molecule has 4 heterocycles. The first-order valence-electron chi connectivity index (χ1n) is 15.1. The van der Waals surface area contributed by atoms with Crippen LogP contribution in [0, 0.1) is 11.3 Å². The number of benzene rings is 1. The lowest BCUT2D eigenvalue weighted by atomic mass is 9.83. The fraction of sp³-hybridized carbons (Fsp3) is 0.455. The van der Waals surface area contributed by atoms with E-state index in [1.807, 2.05) is 27.7 Å². The highest BCUT2D eigenvalue weighted by Gasteiger charge is 2.42. The maximum atomic E-state index is 14.1. The van der Waals surface area contributed by atoms with E-state index in [9.17, 15) is 28.0 Å². The number of carbonyl (C=O) groups is 2. The molecule has 1 fully saturated rings. The quantitative estimate of drug-likeness (QED) is 0.307. The molecule has 13 heteroatoms. The molecule has 46 heavy (non-hydrogen) atoms. The van der Waals surface area contributed by atoms with Crippen LogP contribution in [0.4, 0.5) is 18.0 Å². The summed E-state index contributed by atoms with van der Waals surface area (Å²) < 4.78 is 48.9. The van der Waals surface area contributed by atoms with Crippen molar-refractivity contribution in [2.45, 2.75) is 70.9 Å². The van der Waals surface area contributed by atoms with Gasteiger partial charge in [0, 0.05) is 61.4 Å². The summed E-state index contributed by atoms with van der Waals surface area (Å²) in [6, 6.07) is 10.8. The number of aryl methyl sites for hydroxylation is 1. The molecule has 1 atom stereocenters. The zero-order valence-corrected chi connectivity index (χ0v) is 27.3. The van der Waals surface area contributed by atoms with Gasteiger partial charge in [-0.1, -0.05) is 30.3 Å².